The summed E-state index contributed by atoms with van der Waals surface area (Å²) in [5.74, 6) is 0.138. The summed E-state index contributed by atoms with van der Waals surface area (Å²) < 4.78 is 1.65. The Morgan fingerprint density at radius 2 is 2.06 bits per heavy atom. The van der Waals surface area contributed by atoms with Gasteiger partial charge in [0.05, 0.1) is 5.54 Å². The Labute approximate surface area is 102 Å². The van der Waals surface area contributed by atoms with Gasteiger partial charge >= 0.3 is 0 Å². The van der Waals surface area contributed by atoms with E-state index in [2.05, 4.69) is 15.3 Å². The molecule has 1 N–H and O–H groups in total. The predicted octanol–water partition coefficient (Wildman–Crippen LogP) is 0.287. The highest BCUT2D eigenvalue weighted by molar-refractivity contribution is 6.01. The summed E-state index contributed by atoms with van der Waals surface area (Å²) in [5.41, 5.74) is 0.212. The molecule has 5 nitrogen and oxygen atoms in total. The molecule has 94 valence electrons. The van der Waals surface area contributed by atoms with Crippen molar-refractivity contribution in [1.29, 1.82) is 0 Å². The molecule has 1 fully saturated rings. The number of nitrogens with one attached hydrogen (secondary N) is 1. The van der Waals surface area contributed by atoms with Crippen LogP contribution in [0.25, 0.3) is 0 Å². The molecule has 2 rings (SSSR count). The van der Waals surface area contributed by atoms with Gasteiger partial charge in [-0.15, -0.1) is 0 Å². The Kier molecular flexibility index (Phi) is 3.31. The molecule has 0 unspecified atom stereocenters. The molecule has 1 aromatic heterocycles. The highest BCUT2D eigenvalue weighted by Gasteiger charge is 2.36. The van der Waals surface area contributed by atoms with Crippen LogP contribution in [0, 0.1) is 0 Å². The van der Waals surface area contributed by atoms with Crippen molar-refractivity contribution in [2.45, 2.75) is 19.4 Å². The molecule has 0 amide bonds. The van der Waals surface area contributed by atoms with Crippen molar-refractivity contribution >= 4 is 5.78 Å². The van der Waals surface area contributed by atoms with Crippen LogP contribution < -0.4 is 5.32 Å². The zero-order valence-corrected chi connectivity index (χ0v) is 10.7. The predicted molar refractivity (Wildman–Crippen MR) is 66.1 cm³/mol. The van der Waals surface area contributed by atoms with E-state index in [1.54, 1.807) is 24.0 Å². The molecule has 0 saturated carbocycles. The van der Waals surface area contributed by atoms with Crippen molar-refractivity contribution in [3.8, 4) is 0 Å². The summed E-state index contributed by atoms with van der Waals surface area (Å²) in [6.07, 6.45) is 1.67. The number of aryl methyl sites for hydroxylation is 1. The molecule has 0 aromatic carbocycles. The van der Waals surface area contributed by atoms with Gasteiger partial charge in [-0.25, -0.2) is 0 Å². The molecule has 1 aliphatic rings. The second kappa shape index (κ2) is 4.58. The third-order valence-corrected chi connectivity index (χ3v) is 3.52. The molecule has 0 atom stereocenters. The van der Waals surface area contributed by atoms with E-state index < -0.39 is 5.54 Å². The topological polar surface area (TPSA) is 50.2 Å². The van der Waals surface area contributed by atoms with Crippen LogP contribution in [-0.2, 0) is 7.05 Å². The lowest BCUT2D eigenvalue weighted by atomic mass is 9.93. The van der Waals surface area contributed by atoms with Crippen LogP contribution in [0.5, 0.6) is 0 Å². The van der Waals surface area contributed by atoms with Crippen LogP contribution >= 0.6 is 0 Å². The van der Waals surface area contributed by atoms with Gasteiger partial charge in [0.2, 0.25) is 0 Å². The molecule has 0 aliphatic carbocycles. The fourth-order valence-electron chi connectivity index (χ4n) is 2.28. The van der Waals surface area contributed by atoms with E-state index in [0.29, 0.717) is 5.69 Å². The first-order valence-electron chi connectivity index (χ1n) is 6.02. The van der Waals surface area contributed by atoms with Crippen LogP contribution in [0.1, 0.15) is 24.3 Å². The molecule has 1 aliphatic heterocycles. The maximum absolute atomic E-state index is 12.5. The highest BCUT2D eigenvalue weighted by Crippen LogP contribution is 2.20. The number of rotatable bonds is 3. The Morgan fingerprint density at radius 3 is 2.59 bits per heavy atom. The van der Waals surface area contributed by atoms with Crippen LogP contribution in [0.4, 0.5) is 0 Å². The van der Waals surface area contributed by atoms with E-state index in [1.165, 1.54) is 0 Å². The van der Waals surface area contributed by atoms with Gasteiger partial charge in [0.1, 0.15) is 5.69 Å². The third kappa shape index (κ3) is 2.25. The van der Waals surface area contributed by atoms with Crippen LogP contribution in [-0.4, -0.2) is 52.2 Å². The van der Waals surface area contributed by atoms with E-state index in [0.717, 1.165) is 26.2 Å². The smallest absolute Gasteiger partial charge is 0.200 e. The van der Waals surface area contributed by atoms with Crippen molar-refractivity contribution in [2.75, 3.05) is 26.2 Å². The van der Waals surface area contributed by atoms with Gasteiger partial charge in [0.25, 0.3) is 0 Å². The summed E-state index contributed by atoms with van der Waals surface area (Å²) in [5, 5.41) is 7.36. The second-order valence-corrected chi connectivity index (χ2v) is 4.97. The van der Waals surface area contributed by atoms with Gasteiger partial charge in [-0.3, -0.25) is 14.4 Å². The van der Waals surface area contributed by atoms with Crippen molar-refractivity contribution in [3.63, 3.8) is 0 Å². The van der Waals surface area contributed by atoms with E-state index in [9.17, 15) is 4.79 Å². The second-order valence-electron chi connectivity index (χ2n) is 4.97. The lowest BCUT2D eigenvalue weighted by Crippen LogP contribution is -2.57. The molecule has 0 spiro atoms. The minimum atomic E-state index is -0.462. The van der Waals surface area contributed by atoms with Crippen molar-refractivity contribution in [3.05, 3.63) is 18.0 Å². The number of carbonyl (C=O) groups excluding carboxylic acids is 1. The van der Waals surface area contributed by atoms with Gasteiger partial charge in [-0.1, -0.05) is 0 Å². The Hall–Kier alpha value is -1.20. The van der Waals surface area contributed by atoms with Gasteiger partial charge in [-0.05, 0) is 19.9 Å². The van der Waals surface area contributed by atoms with Crippen LogP contribution in [0.2, 0.25) is 0 Å². The van der Waals surface area contributed by atoms with Gasteiger partial charge in [-0.2, -0.15) is 5.10 Å². The fourth-order valence-corrected chi connectivity index (χ4v) is 2.28. The molecule has 1 saturated heterocycles. The Morgan fingerprint density at radius 1 is 1.41 bits per heavy atom. The van der Waals surface area contributed by atoms with E-state index >= 15 is 0 Å². The molecule has 17 heavy (non-hydrogen) atoms. The first-order valence-corrected chi connectivity index (χ1v) is 6.02. The molecule has 2 heterocycles. The average molecular weight is 236 g/mol. The standard InChI is InChI=1S/C12H20N4O/c1-12(2,16-8-6-13-7-9-16)11(17)10-4-5-14-15(10)3/h4-5,13H,6-9H2,1-3H3. The lowest BCUT2D eigenvalue weighted by molar-refractivity contribution is 0.0592. The summed E-state index contributed by atoms with van der Waals surface area (Å²) >= 11 is 0. The van der Waals surface area contributed by atoms with Crippen molar-refractivity contribution in [1.82, 2.24) is 20.0 Å². The molecular weight excluding hydrogens is 216 g/mol. The molecular formula is C12H20N4O. The Bertz CT molecular complexity index is 404. The van der Waals surface area contributed by atoms with Gasteiger partial charge in [0, 0.05) is 39.4 Å². The fraction of sp³-hybridized carbons (Fsp3) is 0.667. The van der Waals surface area contributed by atoms with Crippen LogP contribution in [0.3, 0.4) is 0 Å². The lowest BCUT2D eigenvalue weighted by Gasteiger charge is -2.39. The summed E-state index contributed by atoms with van der Waals surface area (Å²) in [7, 11) is 1.81. The van der Waals surface area contributed by atoms with Gasteiger partial charge < -0.3 is 5.32 Å². The van der Waals surface area contributed by atoms with E-state index in [-0.39, 0.29) is 5.78 Å². The molecule has 0 bridgehead atoms. The number of carbonyl (C=O) groups is 1. The maximum Gasteiger partial charge on any atom is 0.200 e. The number of hydrogen-bond acceptors (Lipinski definition) is 4. The third-order valence-electron chi connectivity index (χ3n) is 3.52. The van der Waals surface area contributed by atoms with Gasteiger partial charge in [0.15, 0.2) is 5.78 Å². The summed E-state index contributed by atoms with van der Waals surface area (Å²) in [6, 6.07) is 1.78. The number of aromatic nitrogens is 2. The number of Topliss-reactive ketones (excluding diaryl/α,β-unsaturated/α-hetero) is 1. The minimum Gasteiger partial charge on any atom is -0.314 e. The first-order chi connectivity index (χ1) is 8.03. The zero-order valence-electron chi connectivity index (χ0n) is 10.7. The zero-order chi connectivity index (χ0) is 12.5. The SMILES string of the molecule is Cn1nccc1C(=O)C(C)(C)N1CCNCC1. The average Bonchev–Trinajstić information content (AvgIpc) is 2.75. The van der Waals surface area contributed by atoms with Crippen LogP contribution in [0.15, 0.2) is 12.3 Å². The van der Waals surface area contributed by atoms with E-state index in [4.69, 9.17) is 0 Å². The van der Waals surface area contributed by atoms with Crippen molar-refractivity contribution in [2.24, 2.45) is 7.05 Å². The minimum absolute atomic E-state index is 0.138. The molecule has 1 aromatic rings. The van der Waals surface area contributed by atoms with Crippen molar-refractivity contribution < 1.29 is 4.79 Å². The molecule has 0 radical (unpaired) electrons. The van der Waals surface area contributed by atoms with E-state index in [1.807, 2.05) is 13.8 Å². The quantitative estimate of drug-likeness (QED) is 0.766. The summed E-state index contributed by atoms with van der Waals surface area (Å²) in [4.78, 5) is 14.8. The highest BCUT2D eigenvalue weighted by atomic mass is 16.1. The Balaban J connectivity index is 2.19. The number of nitrogens with zero attached hydrogens (tertiary/aromatic N) is 3. The molecule has 5 heteroatoms. The largest absolute Gasteiger partial charge is 0.314 e. The summed E-state index contributed by atoms with van der Waals surface area (Å²) in [6.45, 7) is 7.71. The normalized spacial score (nSPS) is 18.3. The number of ketones is 1. The monoisotopic (exact) mass is 236 g/mol. The number of piperazine rings is 1. The first kappa shape index (κ1) is 12.3. The number of hydrogen-bond donors (Lipinski definition) is 1. The maximum atomic E-state index is 12.5.